The average molecular weight is 335 g/mol. The summed E-state index contributed by atoms with van der Waals surface area (Å²) in [5.41, 5.74) is 0.000958. The van der Waals surface area contributed by atoms with Crippen molar-refractivity contribution in [2.45, 2.75) is 6.10 Å². The molecule has 118 valence electrons. The molecule has 0 aliphatic carbocycles. The van der Waals surface area contributed by atoms with Gasteiger partial charge in [0.1, 0.15) is 0 Å². The van der Waals surface area contributed by atoms with Crippen LogP contribution >= 0.6 is 11.6 Å². The van der Waals surface area contributed by atoms with Crippen molar-refractivity contribution in [3.8, 4) is 0 Å². The minimum absolute atomic E-state index is 0.0576. The standard InChI is InChI=1S/C15H11ClN2O5/c16-11-8-10(18(22)23)6-7-12(11)17-15(21)14(20)13(19)9-4-2-1-3-5-9/h1-8,14,20H,(H,17,21). The molecule has 23 heavy (non-hydrogen) atoms. The lowest BCUT2D eigenvalue weighted by Crippen LogP contribution is -2.35. The molecule has 0 aromatic heterocycles. The molecule has 2 aromatic carbocycles. The summed E-state index contributed by atoms with van der Waals surface area (Å²) < 4.78 is 0. The van der Waals surface area contributed by atoms with Crippen LogP contribution in [0.3, 0.4) is 0 Å². The summed E-state index contributed by atoms with van der Waals surface area (Å²) in [5, 5.41) is 22.6. The number of aliphatic hydroxyl groups excluding tert-OH is 1. The molecular weight excluding hydrogens is 324 g/mol. The van der Waals surface area contributed by atoms with Crippen LogP contribution in [-0.2, 0) is 4.79 Å². The molecule has 0 spiro atoms. The summed E-state index contributed by atoms with van der Waals surface area (Å²) in [5.74, 6) is -1.74. The lowest BCUT2D eigenvalue weighted by atomic mass is 10.1. The molecule has 2 aromatic rings. The minimum atomic E-state index is -1.91. The van der Waals surface area contributed by atoms with Gasteiger partial charge in [-0.2, -0.15) is 0 Å². The van der Waals surface area contributed by atoms with Crippen molar-refractivity contribution in [3.63, 3.8) is 0 Å². The third-order valence-electron chi connectivity index (χ3n) is 2.98. The number of nitrogens with zero attached hydrogens (tertiary/aromatic N) is 1. The normalized spacial score (nSPS) is 11.6. The van der Waals surface area contributed by atoms with E-state index in [2.05, 4.69) is 5.32 Å². The number of halogens is 1. The maximum atomic E-state index is 12.0. The number of anilines is 1. The number of nitro groups is 1. The molecule has 7 nitrogen and oxygen atoms in total. The molecule has 8 heteroatoms. The highest BCUT2D eigenvalue weighted by molar-refractivity contribution is 6.34. The van der Waals surface area contributed by atoms with E-state index in [1.54, 1.807) is 18.2 Å². The summed E-state index contributed by atoms with van der Waals surface area (Å²) in [6, 6.07) is 11.3. The van der Waals surface area contributed by atoms with Gasteiger partial charge in [-0.3, -0.25) is 19.7 Å². The van der Waals surface area contributed by atoms with Gasteiger partial charge in [0.15, 0.2) is 6.10 Å². The number of hydrogen-bond acceptors (Lipinski definition) is 5. The highest BCUT2D eigenvalue weighted by Gasteiger charge is 2.25. The Morgan fingerprint density at radius 2 is 1.83 bits per heavy atom. The third-order valence-corrected chi connectivity index (χ3v) is 3.29. The van der Waals surface area contributed by atoms with Crippen LogP contribution in [0, 0.1) is 10.1 Å². The zero-order chi connectivity index (χ0) is 17.0. The van der Waals surface area contributed by atoms with E-state index < -0.39 is 22.7 Å². The zero-order valence-corrected chi connectivity index (χ0v) is 12.4. The summed E-state index contributed by atoms with van der Waals surface area (Å²) in [7, 11) is 0. The summed E-state index contributed by atoms with van der Waals surface area (Å²) in [4.78, 5) is 33.9. The van der Waals surface area contributed by atoms with E-state index >= 15 is 0 Å². The Morgan fingerprint density at radius 1 is 1.17 bits per heavy atom. The fourth-order valence-electron chi connectivity index (χ4n) is 1.80. The fourth-order valence-corrected chi connectivity index (χ4v) is 2.02. The van der Waals surface area contributed by atoms with Gasteiger partial charge in [-0.25, -0.2) is 0 Å². The van der Waals surface area contributed by atoms with Gasteiger partial charge in [-0.15, -0.1) is 0 Å². The first-order valence-electron chi connectivity index (χ1n) is 6.42. The highest BCUT2D eigenvalue weighted by Crippen LogP contribution is 2.26. The number of non-ortho nitro benzene ring substituents is 1. The molecule has 2 N–H and O–H groups in total. The van der Waals surface area contributed by atoms with Crippen LogP contribution in [0.25, 0.3) is 0 Å². The quantitative estimate of drug-likeness (QED) is 0.377. The monoisotopic (exact) mass is 334 g/mol. The number of aliphatic hydroxyl groups is 1. The molecule has 0 saturated carbocycles. The Morgan fingerprint density at radius 3 is 2.39 bits per heavy atom. The van der Waals surface area contributed by atoms with Gasteiger partial charge < -0.3 is 10.4 Å². The first-order chi connectivity index (χ1) is 10.9. The molecule has 1 unspecified atom stereocenters. The lowest BCUT2D eigenvalue weighted by Gasteiger charge is -2.11. The molecule has 0 saturated heterocycles. The van der Waals surface area contributed by atoms with Crippen molar-refractivity contribution in [1.29, 1.82) is 0 Å². The second-order valence-electron chi connectivity index (χ2n) is 4.54. The number of carbonyl (C=O) groups is 2. The first-order valence-corrected chi connectivity index (χ1v) is 6.80. The average Bonchev–Trinajstić information content (AvgIpc) is 2.55. The topological polar surface area (TPSA) is 110 Å². The van der Waals surface area contributed by atoms with Gasteiger partial charge in [0.25, 0.3) is 11.6 Å². The van der Waals surface area contributed by atoms with Crippen LogP contribution < -0.4 is 5.32 Å². The van der Waals surface area contributed by atoms with E-state index in [-0.39, 0.29) is 22.0 Å². The number of carbonyl (C=O) groups excluding carboxylic acids is 2. The van der Waals surface area contributed by atoms with Crippen molar-refractivity contribution >= 4 is 34.7 Å². The van der Waals surface area contributed by atoms with Crippen LogP contribution in [0.1, 0.15) is 10.4 Å². The Kier molecular flexibility index (Phi) is 5.05. The molecule has 0 radical (unpaired) electrons. The number of nitro benzene ring substituents is 1. The Balaban J connectivity index is 2.12. The molecule has 0 bridgehead atoms. The number of Topliss-reactive ketones (excluding diaryl/α,β-unsaturated/α-hetero) is 1. The maximum absolute atomic E-state index is 12.0. The van der Waals surface area contributed by atoms with Gasteiger partial charge in [-0.1, -0.05) is 41.9 Å². The Bertz CT molecular complexity index is 764. The maximum Gasteiger partial charge on any atom is 0.271 e. The molecule has 0 heterocycles. The third kappa shape index (κ3) is 3.91. The number of ketones is 1. The number of nitrogens with one attached hydrogen (secondary N) is 1. The zero-order valence-electron chi connectivity index (χ0n) is 11.6. The van der Waals surface area contributed by atoms with Crippen LogP contribution in [0.5, 0.6) is 0 Å². The van der Waals surface area contributed by atoms with E-state index in [0.29, 0.717) is 0 Å². The number of hydrogen-bond donors (Lipinski definition) is 2. The molecule has 0 aliphatic heterocycles. The van der Waals surface area contributed by atoms with E-state index in [0.717, 1.165) is 12.1 Å². The second-order valence-corrected chi connectivity index (χ2v) is 4.95. The van der Waals surface area contributed by atoms with Crippen LogP contribution in [0.4, 0.5) is 11.4 Å². The molecule has 1 amide bonds. The lowest BCUT2D eigenvalue weighted by molar-refractivity contribution is -0.384. The minimum Gasteiger partial charge on any atom is -0.376 e. The van der Waals surface area contributed by atoms with E-state index in [9.17, 15) is 24.8 Å². The molecule has 1 atom stereocenters. The van der Waals surface area contributed by atoms with Crippen LogP contribution in [-0.4, -0.2) is 27.8 Å². The van der Waals surface area contributed by atoms with Crippen molar-refractivity contribution in [2.24, 2.45) is 0 Å². The largest absolute Gasteiger partial charge is 0.376 e. The fraction of sp³-hybridized carbons (Fsp3) is 0.0667. The SMILES string of the molecule is O=C(Nc1ccc([N+](=O)[O-])cc1Cl)C(O)C(=O)c1ccccc1. The van der Waals surface area contributed by atoms with Crippen molar-refractivity contribution in [1.82, 2.24) is 0 Å². The Labute approximate surface area is 135 Å². The second kappa shape index (κ2) is 6.99. The van der Waals surface area contributed by atoms with Crippen molar-refractivity contribution < 1.29 is 19.6 Å². The molecule has 0 aliphatic rings. The van der Waals surface area contributed by atoms with Gasteiger partial charge in [0.2, 0.25) is 5.78 Å². The van der Waals surface area contributed by atoms with Crippen LogP contribution in [0.2, 0.25) is 5.02 Å². The smallest absolute Gasteiger partial charge is 0.271 e. The van der Waals surface area contributed by atoms with Gasteiger partial charge in [0, 0.05) is 17.7 Å². The van der Waals surface area contributed by atoms with Gasteiger partial charge in [0.05, 0.1) is 15.6 Å². The van der Waals surface area contributed by atoms with Crippen molar-refractivity contribution in [3.05, 3.63) is 69.2 Å². The highest BCUT2D eigenvalue weighted by atomic mass is 35.5. The van der Waals surface area contributed by atoms with E-state index in [4.69, 9.17) is 11.6 Å². The molecule has 0 fully saturated rings. The van der Waals surface area contributed by atoms with E-state index in [1.165, 1.54) is 18.2 Å². The van der Waals surface area contributed by atoms with Crippen molar-refractivity contribution in [2.75, 3.05) is 5.32 Å². The number of rotatable bonds is 5. The molecular formula is C15H11ClN2O5. The number of benzene rings is 2. The predicted molar refractivity (Wildman–Crippen MR) is 83.5 cm³/mol. The summed E-state index contributed by atoms with van der Waals surface area (Å²) in [6.07, 6.45) is -1.91. The molecule has 2 rings (SSSR count). The first kappa shape index (κ1) is 16.6. The summed E-state index contributed by atoms with van der Waals surface area (Å²) >= 11 is 5.83. The number of amides is 1. The van der Waals surface area contributed by atoms with Crippen LogP contribution in [0.15, 0.2) is 48.5 Å². The van der Waals surface area contributed by atoms with Gasteiger partial charge in [-0.05, 0) is 6.07 Å². The Hall–Kier alpha value is -2.77. The van der Waals surface area contributed by atoms with E-state index in [1.807, 2.05) is 0 Å². The summed E-state index contributed by atoms with van der Waals surface area (Å²) in [6.45, 7) is 0. The van der Waals surface area contributed by atoms with Gasteiger partial charge >= 0.3 is 0 Å². The predicted octanol–water partition coefficient (Wildman–Crippen LogP) is 2.43.